The normalized spacial score (nSPS) is 12.5. The molecule has 2 atom stereocenters. The number of aromatic nitrogens is 1. The Kier molecular flexibility index (Phi) is 17.0. The molecular weight excluding hydrogens is 704 g/mol. The Balaban J connectivity index is 1.45. The topological polar surface area (TPSA) is 133 Å². The number of para-hydroxylation sites is 1. The number of carbonyl (C=O) groups excluding carboxylic acids is 3. The first-order valence-electron chi connectivity index (χ1n) is 18.6. The number of aliphatic hydroxyl groups is 2. The molecule has 54 heavy (non-hydrogen) atoms. The average molecular weight is 757 g/mol. The summed E-state index contributed by atoms with van der Waals surface area (Å²) < 4.78 is 16.2. The van der Waals surface area contributed by atoms with Crippen LogP contribution >= 0.6 is 11.8 Å². The maximum absolute atomic E-state index is 14.3. The number of nitrogens with zero attached hydrogens (tertiary/aromatic N) is 1. The van der Waals surface area contributed by atoms with Gasteiger partial charge in [-0.05, 0) is 72.7 Å². The van der Waals surface area contributed by atoms with Gasteiger partial charge >= 0.3 is 0 Å². The van der Waals surface area contributed by atoms with E-state index in [1.807, 2.05) is 98.2 Å². The van der Waals surface area contributed by atoms with Gasteiger partial charge in [-0.2, -0.15) is 11.8 Å². The van der Waals surface area contributed by atoms with Crippen molar-refractivity contribution in [2.45, 2.75) is 77.5 Å². The lowest BCUT2D eigenvalue weighted by Crippen LogP contribution is -2.31. The highest BCUT2D eigenvalue weighted by Gasteiger charge is 2.31. The van der Waals surface area contributed by atoms with Crippen molar-refractivity contribution in [3.05, 3.63) is 114 Å². The van der Waals surface area contributed by atoms with Crippen molar-refractivity contribution in [2.24, 2.45) is 0 Å². The van der Waals surface area contributed by atoms with Gasteiger partial charge in [-0.3, -0.25) is 14.4 Å². The minimum absolute atomic E-state index is 0.00757. The summed E-state index contributed by atoms with van der Waals surface area (Å²) in [5, 5.41) is 30.6. The number of benzene rings is 3. The minimum Gasteiger partial charge on any atom is -0.393 e. The van der Waals surface area contributed by atoms with Gasteiger partial charge in [0, 0.05) is 54.5 Å². The smallest absolute Gasteiger partial charge is 0.258 e. The molecule has 288 valence electrons. The molecular formula is C43H53FN4O5S. The predicted molar refractivity (Wildman–Crippen MR) is 217 cm³/mol. The summed E-state index contributed by atoms with van der Waals surface area (Å²) in [5.41, 5.74) is 4.86. The van der Waals surface area contributed by atoms with Crippen LogP contribution in [-0.2, 0) is 16.1 Å². The summed E-state index contributed by atoms with van der Waals surface area (Å²) in [4.78, 5) is 38.6. The number of thioether (sulfide) groups is 1. The summed E-state index contributed by atoms with van der Waals surface area (Å²) in [6, 6.07) is 25.0. The summed E-state index contributed by atoms with van der Waals surface area (Å²) in [6.07, 6.45) is 3.17. The van der Waals surface area contributed by atoms with Crippen molar-refractivity contribution in [3.8, 4) is 22.4 Å². The van der Waals surface area contributed by atoms with Crippen LogP contribution < -0.4 is 16.0 Å². The van der Waals surface area contributed by atoms with E-state index in [0.717, 1.165) is 29.1 Å². The molecule has 1 heterocycles. The van der Waals surface area contributed by atoms with Crippen molar-refractivity contribution < 1.29 is 29.0 Å². The average Bonchev–Trinajstić information content (AvgIpc) is 3.50. The van der Waals surface area contributed by atoms with E-state index in [4.69, 9.17) is 0 Å². The van der Waals surface area contributed by atoms with Crippen molar-refractivity contribution in [1.82, 2.24) is 15.2 Å². The fraction of sp³-hybridized carbons (Fsp3) is 0.372. The molecule has 0 spiro atoms. The molecule has 4 aromatic rings. The molecule has 0 aliphatic carbocycles. The minimum atomic E-state index is -1.05. The number of allylic oxidation sites excluding steroid dienone is 1. The molecule has 1 aromatic heterocycles. The molecule has 0 saturated carbocycles. The molecule has 4 rings (SSSR count). The van der Waals surface area contributed by atoms with E-state index < -0.39 is 12.2 Å². The number of amides is 3. The van der Waals surface area contributed by atoms with Crippen LogP contribution in [0.2, 0.25) is 0 Å². The number of aliphatic hydroxyl groups excluding tert-OH is 2. The molecule has 0 aliphatic heterocycles. The van der Waals surface area contributed by atoms with Gasteiger partial charge < -0.3 is 30.7 Å². The van der Waals surface area contributed by atoms with Gasteiger partial charge in [-0.1, -0.05) is 81.5 Å². The third-order valence-electron chi connectivity index (χ3n) is 8.78. The van der Waals surface area contributed by atoms with E-state index in [1.165, 1.54) is 12.1 Å². The molecule has 0 saturated heterocycles. The van der Waals surface area contributed by atoms with Gasteiger partial charge in [-0.15, -0.1) is 0 Å². The maximum Gasteiger partial charge on any atom is 0.258 e. The van der Waals surface area contributed by atoms with Gasteiger partial charge in [-0.25, -0.2) is 4.39 Å². The van der Waals surface area contributed by atoms with Gasteiger partial charge in [0.2, 0.25) is 11.8 Å². The van der Waals surface area contributed by atoms with Gasteiger partial charge in [0.1, 0.15) is 5.82 Å². The second kappa shape index (κ2) is 21.9. The molecule has 0 bridgehead atoms. The highest BCUT2D eigenvalue weighted by Crippen LogP contribution is 2.42. The summed E-state index contributed by atoms with van der Waals surface area (Å²) in [6.45, 7) is 7.31. The second-order valence-electron chi connectivity index (χ2n) is 13.4. The third kappa shape index (κ3) is 12.7. The highest BCUT2D eigenvalue weighted by atomic mass is 32.2. The maximum atomic E-state index is 14.3. The number of nitrogens with one attached hydrogen (secondary N) is 3. The zero-order valence-corrected chi connectivity index (χ0v) is 32.2. The summed E-state index contributed by atoms with van der Waals surface area (Å²) in [7, 11) is 0. The number of hydrogen-bond donors (Lipinski definition) is 5. The molecule has 9 nitrogen and oxygen atoms in total. The Morgan fingerprint density at radius 3 is 2.07 bits per heavy atom. The van der Waals surface area contributed by atoms with Crippen LogP contribution in [0.4, 0.5) is 10.1 Å². The number of rotatable bonds is 21. The quantitative estimate of drug-likeness (QED) is 0.0441. The molecule has 11 heteroatoms. The van der Waals surface area contributed by atoms with Crippen LogP contribution in [0, 0.1) is 5.82 Å². The van der Waals surface area contributed by atoms with Crippen LogP contribution in [-0.4, -0.2) is 69.3 Å². The van der Waals surface area contributed by atoms with Crippen molar-refractivity contribution in [1.29, 1.82) is 0 Å². The monoisotopic (exact) mass is 756 g/mol. The Bertz CT molecular complexity index is 1810. The van der Waals surface area contributed by atoms with Crippen LogP contribution in [0.25, 0.3) is 22.4 Å². The lowest BCUT2D eigenvalue weighted by molar-refractivity contribution is -0.123. The predicted octanol–water partition coefficient (Wildman–Crippen LogP) is 7.55. The molecule has 3 aromatic carbocycles. The first kappa shape index (κ1) is 42.0. The zero-order valence-electron chi connectivity index (χ0n) is 31.4. The van der Waals surface area contributed by atoms with Gasteiger partial charge in [0.15, 0.2) is 0 Å². The molecule has 3 amide bonds. The van der Waals surface area contributed by atoms with Crippen molar-refractivity contribution in [3.63, 3.8) is 0 Å². The first-order valence-corrected chi connectivity index (χ1v) is 19.8. The van der Waals surface area contributed by atoms with Gasteiger partial charge in [0.25, 0.3) is 5.91 Å². The van der Waals surface area contributed by atoms with Gasteiger partial charge in [0.05, 0.1) is 29.9 Å². The molecule has 0 fully saturated rings. The Hall–Kier alpha value is -4.71. The van der Waals surface area contributed by atoms with E-state index in [2.05, 4.69) is 16.0 Å². The number of anilines is 1. The molecule has 0 aliphatic rings. The lowest BCUT2D eigenvalue weighted by Gasteiger charge is -2.20. The Labute approximate surface area is 322 Å². The third-order valence-corrected chi connectivity index (χ3v) is 9.77. The lowest BCUT2D eigenvalue weighted by atomic mass is 9.94. The largest absolute Gasteiger partial charge is 0.393 e. The fourth-order valence-corrected chi connectivity index (χ4v) is 7.04. The molecule has 5 N–H and O–H groups in total. The SMILES string of the molecule is CC/C=C\CC(=O)NCCSCCNC(=O)C[C@H](O)C[C@H](O)CCn1c(-c2ccc(F)cc2)c(-c2ccccc2)c(C(=O)Nc2ccccc2)c1C(C)C. The number of hydrogen-bond acceptors (Lipinski definition) is 6. The van der Waals surface area contributed by atoms with E-state index in [9.17, 15) is 29.0 Å². The Morgan fingerprint density at radius 2 is 1.44 bits per heavy atom. The Morgan fingerprint density at radius 1 is 0.815 bits per heavy atom. The van der Waals surface area contributed by atoms with Crippen LogP contribution in [0.5, 0.6) is 0 Å². The van der Waals surface area contributed by atoms with E-state index in [1.54, 1.807) is 23.9 Å². The van der Waals surface area contributed by atoms with E-state index in [0.29, 0.717) is 54.2 Å². The van der Waals surface area contributed by atoms with Crippen LogP contribution in [0.3, 0.4) is 0 Å². The van der Waals surface area contributed by atoms with E-state index in [-0.39, 0.29) is 48.7 Å². The summed E-state index contributed by atoms with van der Waals surface area (Å²) >= 11 is 1.61. The number of halogens is 1. The first-order chi connectivity index (χ1) is 26.1. The summed E-state index contributed by atoms with van der Waals surface area (Å²) in [5.74, 6) is 0.287. The van der Waals surface area contributed by atoms with Crippen molar-refractivity contribution in [2.75, 3.05) is 29.9 Å². The van der Waals surface area contributed by atoms with Crippen LogP contribution in [0.15, 0.2) is 97.1 Å². The standard InChI is InChI=1S/C43H53FN4O5S/c1-4-5-8-17-37(51)45-23-26-54-27-24-46-38(52)29-36(50)28-35(49)22-25-48-41(30(2)3)40(43(53)47-34-15-11-7-12-16-34)39(31-13-9-6-10-14-31)42(48)32-18-20-33(44)21-19-32/h5-16,18-21,30,35-36,49-50H,4,17,22-29H2,1-3H3,(H,45,51)(H,46,52)(H,47,53)/b8-5-/t35-,36-/m1/s1. The van der Waals surface area contributed by atoms with Crippen molar-refractivity contribution >= 4 is 35.2 Å². The molecule has 0 unspecified atom stereocenters. The highest BCUT2D eigenvalue weighted by molar-refractivity contribution is 7.99. The number of carbonyl (C=O) groups is 3. The molecule has 0 radical (unpaired) electrons. The van der Waals surface area contributed by atoms with E-state index >= 15 is 0 Å². The zero-order chi connectivity index (χ0) is 38.9. The fourth-order valence-electron chi connectivity index (χ4n) is 6.34. The second-order valence-corrected chi connectivity index (χ2v) is 14.6. The van der Waals surface area contributed by atoms with Crippen LogP contribution in [0.1, 0.15) is 74.8 Å².